The van der Waals surface area contributed by atoms with Crippen LogP contribution in [0.25, 0.3) is 0 Å². The second-order valence-corrected chi connectivity index (χ2v) is 5.90. The van der Waals surface area contributed by atoms with Crippen molar-refractivity contribution in [3.63, 3.8) is 0 Å². The summed E-state index contributed by atoms with van der Waals surface area (Å²) >= 11 is 3.41. The quantitative estimate of drug-likeness (QED) is 0.797. The third kappa shape index (κ3) is 2.91. The number of carbonyl (C=O) groups excluding carboxylic acids is 1. The Hall–Kier alpha value is -1.23. The molecule has 0 bridgehead atoms. The predicted molar refractivity (Wildman–Crippen MR) is 69.5 cm³/mol. The maximum absolute atomic E-state index is 11.8. The van der Waals surface area contributed by atoms with Gasteiger partial charge >= 0.3 is 6.09 Å². The zero-order valence-electron chi connectivity index (χ0n) is 10.1. The van der Waals surface area contributed by atoms with Gasteiger partial charge in [-0.25, -0.2) is 9.80 Å². The van der Waals surface area contributed by atoms with Crippen molar-refractivity contribution in [2.75, 3.05) is 5.43 Å². The fourth-order valence-electron chi connectivity index (χ4n) is 1.58. The highest BCUT2D eigenvalue weighted by molar-refractivity contribution is 9.10. The minimum absolute atomic E-state index is 0.357. The van der Waals surface area contributed by atoms with E-state index in [0.717, 1.165) is 15.7 Å². The van der Waals surface area contributed by atoms with E-state index < -0.39 is 5.60 Å². The number of ether oxygens (including phenoxy) is 1. The van der Waals surface area contributed by atoms with Crippen LogP contribution in [-0.2, 0) is 11.3 Å². The molecule has 0 atom stereocenters. The second-order valence-electron chi connectivity index (χ2n) is 4.98. The summed E-state index contributed by atoms with van der Waals surface area (Å²) in [4.78, 5) is 11.8. The van der Waals surface area contributed by atoms with Crippen molar-refractivity contribution >= 4 is 27.7 Å². The topological polar surface area (TPSA) is 41.6 Å². The zero-order chi connectivity index (χ0) is 12.6. The predicted octanol–water partition coefficient (Wildman–Crippen LogP) is 3.53. The van der Waals surface area contributed by atoms with Gasteiger partial charge in [-0.3, -0.25) is 5.43 Å². The van der Waals surface area contributed by atoms with Crippen LogP contribution in [0, 0.1) is 0 Å². The average Bonchev–Trinajstić information content (AvgIpc) is 2.57. The summed E-state index contributed by atoms with van der Waals surface area (Å²) in [7, 11) is 0. The average molecular weight is 299 g/mol. The highest BCUT2D eigenvalue weighted by Crippen LogP contribution is 2.28. The van der Waals surface area contributed by atoms with Crippen molar-refractivity contribution in [3.05, 3.63) is 28.2 Å². The molecule has 92 valence electrons. The van der Waals surface area contributed by atoms with E-state index >= 15 is 0 Å². The van der Waals surface area contributed by atoms with Crippen LogP contribution in [0.15, 0.2) is 22.7 Å². The molecule has 5 heteroatoms. The van der Waals surface area contributed by atoms with E-state index in [1.54, 1.807) is 0 Å². The molecule has 1 N–H and O–H groups in total. The van der Waals surface area contributed by atoms with E-state index in [1.165, 1.54) is 5.01 Å². The lowest BCUT2D eigenvalue weighted by Crippen LogP contribution is -2.36. The Bertz CT molecular complexity index is 454. The van der Waals surface area contributed by atoms with Gasteiger partial charge in [0.1, 0.15) is 5.60 Å². The molecule has 0 radical (unpaired) electrons. The van der Waals surface area contributed by atoms with Crippen LogP contribution >= 0.6 is 15.9 Å². The number of nitrogens with one attached hydrogen (secondary N) is 1. The van der Waals surface area contributed by atoms with Crippen molar-refractivity contribution in [2.45, 2.75) is 32.9 Å². The number of hydrogen-bond acceptors (Lipinski definition) is 3. The van der Waals surface area contributed by atoms with Crippen LogP contribution in [0.3, 0.4) is 0 Å². The van der Waals surface area contributed by atoms with Gasteiger partial charge in [-0.2, -0.15) is 0 Å². The highest BCUT2D eigenvalue weighted by atomic mass is 79.9. The third-order valence-corrected chi connectivity index (χ3v) is 2.76. The maximum atomic E-state index is 11.8. The fraction of sp³-hybridized carbons (Fsp3) is 0.417. The molecule has 1 amide bonds. The molecule has 2 rings (SSSR count). The van der Waals surface area contributed by atoms with E-state index in [9.17, 15) is 4.79 Å². The van der Waals surface area contributed by atoms with Crippen molar-refractivity contribution in [2.24, 2.45) is 0 Å². The van der Waals surface area contributed by atoms with E-state index in [-0.39, 0.29) is 6.09 Å². The number of carbonyl (C=O) groups is 1. The minimum Gasteiger partial charge on any atom is -0.442 e. The second kappa shape index (κ2) is 4.22. The summed E-state index contributed by atoms with van der Waals surface area (Å²) in [6, 6.07) is 5.86. The molecule has 0 aromatic heterocycles. The first-order valence-electron chi connectivity index (χ1n) is 5.41. The number of amides is 1. The molecule has 0 saturated carbocycles. The molecule has 0 unspecified atom stereocenters. The number of nitrogens with zero attached hydrogens (tertiary/aromatic N) is 1. The molecule has 0 spiro atoms. The number of halogens is 1. The Morgan fingerprint density at radius 1 is 1.47 bits per heavy atom. The van der Waals surface area contributed by atoms with Gasteiger partial charge in [0.15, 0.2) is 0 Å². The van der Waals surface area contributed by atoms with Crippen molar-refractivity contribution in [3.8, 4) is 0 Å². The number of benzene rings is 1. The molecule has 17 heavy (non-hydrogen) atoms. The Balaban J connectivity index is 2.07. The van der Waals surface area contributed by atoms with Crippen molar-refractivity contribution in [1.82, 2.24) is 5.01 Å². The van der Waals surface area contributed by atoms with Crippen LogP contribution in [0.1, 0.15) is 26.3 Å². The van der Waals surface area contributed by atoms with Crippen LogP contribution in [-0.4, -0.2) is 16.7 Å². The molecular weight excluding hydrogens is 284 g/mol. The molecular formula is C12H15BrN2O2. The van der Waals surface area contributed by atoms with Crippen LogP contribution in [0.2, 0.25) is 0 Å². The number of hydrogen-bond donors (Lipinski definition) is 1. The minimum atomic E-state index is -0.478. The number of fused-ring (bicyclic) bond motifs is 1. The molecule has 1 aliphatic rings. The standard InChI is InChI=1S/C12H15BrN2O2/c1-12(2,3)17-11(16)15-7-8-6-9(13)4-5-10(8)14-15/h4-6,14H,7H2,1-3H3. The molecule has 4 nitrogen and oxygen atoms in total. The molecule has 1 aromatic rings. The lowest BCUT2D eigenvalue weighted by Gasteiger charge is -2.24. The van der Waals surface area contributed by atoms with E-state index in [0.29, 0.717) is 6.54 Å². The monoisotopic (exact) mass is 298 g/mol. The molecule has 0 fully saturated rings. The third-order valence-electron chi connectivity index (χ3n) is 2.27. The van der Waals surface area contributed by atoms with Gasteiger partial charge < -0.3 is 4.74 Å². The van der Waals surface area contributed by atoms with Crippen molar-refractivity contribution in [1.29, 1.82) is 0 Å². The molecule has 1 aliphatic heterocycles. The van der Waals surface area contributed by atoms with Gasteiger partial charge in [0, 0.05) is 4.47 Å². The largest absolute Gasteiger partial charge is 0.442 e. The van der Waals surface area contributed by atoms with Gasteiger partial charge in [0.2, 0.25) is 0 Å². The lowest BCUT2D eigenvalue weighted by atomic mass is 10.2. The van der Waals surface area contributed by atoms with Gasteiger partial charge in [-0.05, 0) is 44.5 Å². The smallest absolute Gasteiger partial charge is 0.429 e. The van der Waals surface area contributed by atoms with Gasteiger partial charge in [-0.1, -0.05) is 15.9 Å². The van der Waals surface area contributed by atoms with Crippen LogP contribution in [0.4, 0.5) is 10.5 Å². The Labute approximate surface area is 109 Å². The summed E-state index contributed by atoms with van der Waals surface area (Å²) < 4.78 is 6.30. The summed E-state index contributed by atoms with van der Waals surface area (Å²) in [5.74, 6) is 0. The highest BCUT2D eigenvalue weighted by Gasteiger charge is 2.27. The molecule has 0 saturated heterocycles. The fourth-order valence-corrected chi connectivity index (χ4v) is 1.99. The van der Waals surface area contributed by atoms with Gasteiger partial charge in [-0.15, -0.1) is 0 Å². The first kappa shape index (κ1) is 12.2. The SMILES string of the molecule is CC(C)(C)OC(=O)N1Cc2cc(Br)ccc2N1. The summed E-state index contributed by atoms with van der Waals surface area (Å²) in [5.41, 5.74) is 4.56. The summed E-state index contributed by atoms with van der Waals surface area (Å²) in [6.45, 7) is 6.07. The van der Waals surface area contributed by atoms with E-state index in [4.69, 9.17) is 4.74 Å². The lowest BCUT2D eigenvalue weighted by molar-refractivity contribution is 0.0297. The van der Waals surface area contributed by atoms with Gasteiger partial charge in [0.25, 0.3) is 0 Å². The normalized spacial score (nSPS) is 14.2. The maximum Gasteiger partial charge on any atom is 0.429 e. The van der Waals surface area contributed by atoms with Crippen LogP contribution < -0.4 is 5.43 Å². The number of hydrazine groups is 1. The summed E-state index contributed by atoms with van der Waals surface area (Å²) in [6.07, 6.45) is -0.357. The Morgan fingerprint density at radius 3 is 2.82 bits per heavy atom. The Kier molecular flexibility index (Phi) is 3.03. The molecule has 0 aliphatic carbocycles. The first-order valence-corrected chi connectivity index (χ1v) is 6.20. The summed E-state index contributed by atoms with van der Waals surface area (Å²) in [5, 5.41) is 1.47. The van der Waals surface area contributed by atoms with E-state index in [2.05, 4.69) is 21.4 Å². The zero-order valence-corrected chi connectivity index (χ0v) is 11.7. The van der Waals surface area contributed by atoms with Gasteiger partial charge in [0.05, 0.1) is 12.2 Å². The van der Waals surface area contributed by atoms with Crippen molar-refractivity contribution < 1.29 is 9.53 Å². The Morgan fingerprint density at radius 2 is 2.18 bits per heavy atom. The molecule has 1 heterocycles. The van der Waals surface area contributed by atoms with E-state index in [1.807, 2.05) is 39.0 Å². The number of rotatable bonds is 0. The van der Waals surface area contributed by atoms with Crippen LogP contribution in [0.5, 0.6) is 0 Å². The number of anilines is 1. The first-order chi connectivity index (χ1) is 7.85. The molecule has 1 aromatic carbocycles.